The summed E-state index contributed by atoms with van der Waals surface area (Å²) in [4.78, 5) is 14.2. The van der Waals surface area contributed by atoms with Crippen molar-refractivity contribution in [1.29, 1.82) is 0 Å². The van der Waals surface area contributed by atoms with Gasteiger partial charge in [0.2, 0.25) is 0 Å². The van der Waals surface area contributed by atoms with Crippen LogP contribution in [0.3, 0.4) is 0 Å². The van der Waals surface area contributed by atoms with Gasteiger partial charge in [0.25, 0.3) is 5.91 Å². The molecular formula is C14H19NO. The predicted octanol–water partition coefficient (Wildman–Crippen LogP) is 2.87. The van der Waals surface area contributed by atoms with Crippen LogP contribution < -0.4 is 0 Å². The minimum atomic E-state index is 0.190. The van der Waals surface area contributed by atoms with Crippen molar-refractivity contribution in [1.82, 2.24) is 4.90 Å². The highest BCUT2D eigenvalue weighted by atomic mass is 16.2. The SMILES string of the molecule is Cc1cccc(C(=O)N2CCC[C@H](C)C2)c1. The Balaban J connectivity index is 2.12. The maximum Gasteiger partial charge on any atom is 0.253 e. The number of rotatable bonds is 1. The predicted molar refractivity (Wildman–Crippen MR) is 65.5 cm³/mol. The average molecular weight is 217 g/mol. The molecular weight excluding hydrogens is 198 g/mol. The van der Waals surface area contributed by atoms with E-state index >= 15 is 0 Å². The normalized spacial score (nSPS) is 20.9. The Kier molecular flexibility index (Phi) is 3.28. The van der Waals surface area contributed by atoms with Crippen molar-refractivity contribution < 1.29 is 4.79 Å². The number of hydrogen-bond acceptors (Lipinski definition) is 1. The van der Waals surface area contributed by atoms with Crippen LogP contribution in [0, 0.1) is 12.8 Å². The average Bonchev–Trinajstić information content (AvgIpc) is 2.28. The van der Waals surface area contributed by atoms with Gasteiger partial charge in [-0.15, -0.1) is 0 Å². The van der Waals surface area contributed by atoms with Crippen molar-refractivity contribution in [2.24, 2.45) is 5.92 Å². The maximum atomic E-state index is 12.2. The van der Waals surface area contributed by atoms with Crippen molar-refractivity contribution in [3.63, 3.8) is 0 Å². The largest absolute Gasteiger partial charge is 0.338 e. The fourth-order valence-corrected chi connectivity index (χ4v) is 2.33. The zero-order valence-corrected chi connectivity index (χ0v) is 10.1. The molecule has 1 aliphatic rings. The van der Waals surface area contributed by atoms with E-state index in [4.69, 9.17) is 0 Å². The molecule has 0 bridgehead atoms. The molecule has 0 saturated carbocycles. The molecule has 1 aliphatic heterocycles. The van der Waals surface area contributed by atoms with Gasteiger partial charge in [-0.25, -0.2) is 0 Å². The summed E-state index contributed by atoms with van der Waals surface area (Å²) in [6, 6.07) is 7.86. The number of piperidine rings is 1. The lowest BCUT2D eigenvalue weighted by Crippen LogP contribution is -2.39. The molecule has 2 nitrogen and oxygen atoms in total. The van der Waals surface area contributed by atoms with Crippen LogP contribution >= 0.6 is 0 Å². The van der Waals surface area contributed by atoms with Crippen molar-refractivity contribution in [3.8, 4) is 0 Å². The number of nitrogens with zero attached hydrogens (tertiary/aromatic N) is 1. The van der Waals surface area contributed by atoms with E-state index in [-0.39, 0.29) is 5.91 Å². The van der Waals surface area contributed by atoms with E-state index in [2.05, 4.69) is 6.92 Å². The minimum Gasteiger partial charge on any atom is -0.338 e. The van der Waals surface area contributed by atoms with E-state index in [9.17, 15) is 4.79 Å². The summed E-state index contributed by atoms with van der Waals surface area (Å²) >= 11 is 0. The van der Waals surface area contributed by atoms with Gasteiger partial charge in [0.1, 0.15) is 0 Å². The standard InChI is InChI=1S/C14H19NO/c1-11-5-3-7-13(9-11)14(16)15-8-4-6-12(2)10-15/h3,5,7,9,12H,4,6,8,10H2,1-2H3/t12-/m0/s1. The van der Waals surface area contributed by atoms with E-state index < -0.39 is 0 Å². The second kappa shape index (κ2) is 4.69. The Labute approximate surface area is 97.3 Å². The van der Waals surface area contributed by atoms with Crippen molar-refractivity contribution in [3.05, 3.63) is 35.4 Å². The summed E-state index contributed by atoms with van der Waals surface area (Å²) in [7, 11) is 0. The molecule has 0 radical (unpaired) electrons. The fraction of sp³-hybridized carbons (Fsp3) is 0.500. The smallest absolute Gasteiger partial charge is 0.253 e. The molecule has 0 N–H and O–H groups in total. The molecule has 1 heterocycles. The van der Waals surface area contributed by atoms with Crippen LogP contribution in [0.15, 0.2) is 24.3 Å². The Bertz CT molecular complexity index is 386. The summed E-state index contributed by atoms with van der Waals surface area (Å²) in [5.74, 6) is 0.831. The second-order valence-corrected chi connectivity index (χ2v) is 4.87. The quantitative estimate of drug-likeness (QED) is 0.708. The number of hydrogen-bond donors (Lipinski definition) is 0. The molecule has 1 aromatic rings. The molecule has 0 aliphatic carbocycles. The molecule has 16 heavy (non-hydrogen) atoms. The van der Waals surface area contributed by atoms with Gasteiger partial charge in [-0.1, -0.05) is 24.6 Å². The van der Waals surface area contributed by atoms with Gasteiger partial charge in [0.05, 0.1) is 0 Å². The molecule has 1 fully saturated rings. The van der Waals surface area contributed by atoms with E-state index in [1.165, 1.54) is 6.42 Å². The Morgan fingerprint density at radius 3 is 2.94 bits per heavy atom. The second-order valence-electron chi connectivity index (χ2n) is 4.87. The van der Waals surface area contributed by atoms with E-state index in [0.717, 1.165) is 30.6 Å². The van der Waals surface area contributed by atoms with Gasteiger partial charge in [-0.05, 0) is 37.8 Å². The molecule has 1 saturated heterocycles. The van der Waals surface area contributed by atoms with Crippen LogP contribution in [0.1, 0.15) is 35.7 Å². The van der Waals surface area contributed by atoms with Gasteiger partial charge in [0.15, 0.2) is 0 Å². The third-order valence-electron chi connectivity index (χ3n) is 3.21. The number of aryl methyl sites for hydroxylation is 1. The first-order valence-electron chi connectivity index (χ1n) is 6.03. The van der Waals surface area contributed by atoms with Crippen LogP contribution in [-0.4, -0.2) is 23.9 Å². The number of carbonyl (C=O) groups is 1. The molecule has 0 spiro atoms. The van der Waals surface area contributed by atoms with Gasteiger partial charge >= 0.3 is 0 Å². The summed E-state index contributed by atoms with van der Waals surface area (Å²) in [6.45, 7) is 6.06. The lowest BCUT2D eigenvalue weighted by molar-refractivity contribution is 0.0683. The topological polar surface area (TPSA) is 20.3 Å². The van der Waals surface area contributed by atoms with Crippen molar-refractivity contribution in [2.75, 3.05) is 13.1 Å². The highest BCUT2D eigenvalue weighted by Gasteiger charge is 2.21. The zero-order chi connectivity index (χ0) is 11.5. The summed E-state index contributed by atoms with van der Waals surface area (Å²) in [6.07, 6.45) is 2.39. The van der Waals surface area contributed by atoms with Crippen molar-refractivity contribution >= 4 is 5.91 Å². The first kappa shape index (κ1) is 11.2. The van der Waals surface area contributed by atoms with Gasteiger partial charge in [-0.3, -0.25) is 4.79 Å². The van der Waals surface area contributed by atoms with E-state index in [1.807, 2.05) is 36.1 Å². The number of carbonyl (C=O) groups excluding carboxylic acids is 1. The van der Waals surface area contributed by atoms with Crippen LogP contribution in [0.5, 0.6) is 0 Å². The Morgan fingerprint density at radius 1 is 1.44 bits per heavy atom. The van der Waals surface area contributed by atoms with Crippen LogP contribution in [0.4, 0.5) is 0 Å². The number of amides is 1. The highest BCUT2D eigenvalue weighted by molar-refractivity contribution is 5.94. The van der Waals surface area contributed by atoms with Crippen LogP contribution in [-0.2, 0) is 0 Å². The lowest BCUT2D eigenvalue weighted by atomic mass is 9.99. The Hall–Kier alpha value is -1.31. The van der Waals surface area contributed by atoms with E-state index in [0.29, 0.717) is 5.92 Å². The highest BCUT2D eigenvalue weighted by Crippen LogP contribution is 2.18. The molecule has 1 amide bonds. The lowest BCUT2D eigenvalue weighted by Gasteiger charge is -2.31. The third kappa shape index (κ3) is 2.43. The van der Waals surface area contributed by atoms with Gasteiger partial charge < -0.3 is 4.90 Å². The molecule has 86 valence electrons. The molecule has 1 aromatic carbocycles. The van der Waals surface area contributed by atoms with Gasteiger partial charge in [-0.2, -0.15) is 0 Å². The van der Waals surface area contributed by atoms with Crippen LogP contribution in [0.2, 0.25) is 0 Å². The molecule has 0 aromatic heterocycles. The van der Waals surface area contributed by atoms with Crippen LogP contribution in [0.25, 0.3) is 0 Å². The third-order valence-corrected chi connectivity index (χ3v) is 3.21. The summed E-state index contributed by atoms with van der Waals surface area (Å²) in [5, 5.41) is 0. The van der Waals surface area contributed by atoms with Gasteiger partial charge in [0, 0.05) is 18.7 Å². The molecule has 0 unspecified atom stereocenters. The minimum absolute atomic E-state index is 0.190. The molecule has 1 atom stereocenters. The fourth-order valence-electron chi connectivity index (χ4n) is 2.33. The summed E-state index contributed by atoms with van der Waals surface area (Å²) < 4.78 is 0. The number of likely N-dealkylation sites (tertiary alicyclic amines) is 1. The summed E-state index contributed by atoms with van der Waals surface area (Å²) in [5.41, 5.74) is 1.98. The number of benzene rings is 1. The maximum absolute atomic E-state index is 12.2. The van der Waals surface area contributed by atoms with E-state index in [1.54, 1.807) is 0 Å². The Morgan fingerprint density at radius 2 is 2.25 bits per heavy atom. The molecule has 2 heteroatoms. The van der Waals surface area contributed by atoms with Crippen molar-refractivity contribution in [2.45, 2.75) is 26.7 Å². The first-order chi connectivity index (χ1) is 7.66. The zero-order valence-electron chi connectivity index (χ0n) is 10.1. The first-order valence-corrected chi connectivity index (χ1v) is 6.03. The molecule has 2 rings (SSSR count). The monoisotopic (exact) mass is 217 g/mol.